The number of carboxylic acid groups (broad SMARTS) is 1. The van der Waals surface area contributed by atoms with Gasteiger partial charge in [-0.05, 0) is 17.7 Å². The number of para-hydroxylation sites is 2. The minimum atomic E-state index is -0.944. The molecule has 7 nitrogen and oxygen atoms in total. The van der Waals surface area contributed by atoms with Crippen LogP contribution in [0.15, 0.2) is 54.6 Å². The Labute approximate surface area is 163 Å². The van der Waals surface area contributed by atoms with E-state index in [9.17, 15) is 9.59 Å². The van der Waals surface area contributed by atoms with Gasteiger partial charge in [0, 0.05) is 13.1 Å². The normalized spacial score (nSPS) is 16.4. The average molecular weight is 385 g/mol. The van der Waals surface area contributed by atoms with Crippen LogP contribution >= 0.6 is 0 Å². The Morgan fingerprint density at radius 3 is 2.43 bits per heavy atom. The summed E-state index contributed by atoms with van der Waals surface area (Å²) in [6.45, 7) is 1.24. The largest absolute Gasteiger partial charge is 0.485 e. The van der Waals surface area contributed by atoms with Crippen molar-refractivity contribution in [3.8, 4) is 11.5 Å². The molecule has 0 saturated carbocycles. The predicted octanol–water partition coefficient (Wildman–Crippen LogP) is 2.35. The fourth-order valence-corrected chi connectivity index (χ4v) is 2.92. The zero-order valence-electron chi connectivity index (χ0n) is 15.5. The standard InChI is InChI=1S/C21H23NO6/c23-20(22-10-11-26-17(13-22)12-21(24)25)15-28-19-9-5-4-8-18(19)27-14-16-6-2-1-3-7-16/h1-9,17H,10-15H2,(H,24,25). The highest BCUT2D eigenvalue weighted by Crippen LogP contribution is 2.27. The lowest BCUT2D eigenvalue weighted by Gasteiger charge is -2.32. The summed E-state index contributed by atoms with van der Waals surface area (Å²) < 4.78 is 16.9. The Morgan fingerprint density at radius 2 is 1.71 bits per heavy atom. The highest BCUT2D eigenvalue weighted by molar-refractivity contribution is 5.78. The Hall–Kier alpha value is -3.06. The topological polar surface area (TPSA) is 85.3 Å². The first-order valence-corrected chi connectivity index (χ1v) is 9.11. The van der Waals surface area contributed by atoms with Gasteiger partial charge in [0.25, 0.3) is 5.91 Å². The second-order valence-corrected chi connectivity index (χ2v) is 6.44. The summed E-state index contributed by atoms with van der Waals surface area (Å²) in [5.41, 5.74) is 1.03. The SMILES string of the molecule is O=C(O)CC1CN(C(=O)COc2ccccc2OCc2ccccc2)CCO1. The van der Waals surface area contributed by atoms with Crippen molar-refractivity contribution in [3.05, 3.63) is 60.2 Å². The molecule has 0 spiro atoms. The minimum Gasteiger partial charge on any atom is -0.485 e. The molecular formula is C21H23NO6. The molecule has 1 heterocycles. The molecule has 1 unspecified atom stereocenters. The molecule has 1 amide bonds. The van der Waals surface area contributed by atoms with E-state index in [0.29, 0.717) is 31.3 Å². The van der Waals surface area contributed by atoms with Crippen molar-refractivity contribution in [2.75, 3.05) is 26.3 Å². The fraction of sp³-hybridized carbons (Fsp3) is 0.333. The molecule has 3 rings (SSSR count). The van der Waals surface area contributed by atoms with E-state index in [1.165, 1.54) is 0 Å². The molecule has 1 aliphatic rings. The highest BCUT2D eigenvalue weighted by atomic mass is 16.5. The number of carbonyl (C=O) groups is 2. The number of aliphatic carboxylic acids is 1. The minimum absolute atomic E-state index is 0.124. The predicted molar refractivity (Wildman–Crippen MR) is 101 cm³/mol. The summed E-state index contributed by atoms with van der Waals surface area (Å²) >= 11 is 0. The Balaban J connectivity index is 1.54. The molecule has 7 heteroatoms. The molecule has 1 fully saturated rings. The van der Waals surface area contributed by atoms with Gasteiger partial charge >= 0.3 is 5.97 Å². The summed E-state index contributed by atoms with van der Waals surface area (Å²) in [5.74, 6) is -0.108. The van der Waals surface area contributed by atoms with Crippen LogP contribution in [-0.4, -0.2) is 54.3 Å². The first-order chi connectivity index (χ1) is 13.6. The first kappa shape index (κ1) is 19.7. The lowest BCUT2D eigenvalue weighted by Crippen LogP contribution is -2.47. The van der Waals surface area contributed by atoms with Gasteiger partial charge in [0.05, 0.1) is 19.1 Å². The molecule has 1 N–H and O–H groups in total. The average Bonchev–Trinajstić information content (AvgIpc) is 2.71. The van der Waals surface area contributed by atoms with Crippen LogP contribution in [0.5, 0.6) is 11.5 Å². The monoisotopic (exact) mass is 385 g/mol. The van der Waals surface area contributed by atoms with Gasteiger partial charge in [0.2, 0.25) is 0 Å². The van der Waals surface area contributed by atoms with E-state index in [2.05, 4.69) is 0 Å². The Morgan fingerprint density at radius 1 is 1.04 bits per heavy atom. The molecule has 1 atom stereocenters. The number of morpholine rings is 1. The molecule has 2 aromatic rings. The maximum Gasteiger partial charge on any atom is 0.306 e. The third-order valence-electron chi connectivity index (χ3n) is 4.33. The Bertz CT molecular complexity index is 794. The van der Waals surface area contributed by atoms with Gasteiger partial charge in [-0.3, -0.25) is 9.59 Å². The van der Waals surface area contributed by atoms with Crippen molar-refractivity contribution in [1.82, 2.24) is 4.90 Å². The summed E-state index contributed by atoms with van der Waals surface area (Å²) in [6, 6.07) is 17.0. The smallest absolute Gasteiger partial charge is 0.306 e. The highest BCUT2D eigenvalue weighted by Gasteiger charge is 2.26. The Kier molecular flexibility index (Phi) is 6.86. The molecule has 148 valence electrons. The van der Waals surface area contributed by atoms with Gasteiger partial charge in [-0.15, -0.1) is 0 Å². The summed E-state index contributed by atoms with van der Waals surface area (Å²) in [6.07, 6.45) is -0.613. The lowest BCUT2D eigenvalue weighted by molar-refractivity contribution is -0.148. The maximum atomic E-state index is 12.5. The van der Waals surface area contributed by atoms with Crippen molar-refractivity contribution in [2.24, 2.45) is 0 Å². The van der Waals surface area contributed by atoms with Gasteiger partial charge in [0.15, 0.2) is 18.1 Å². The zero-order chi connectivity index (χ0) is 19.8. The van der Waals surface area contributed by atoms with E-state index in [1.54, 1.807) is 17.0 Å². The van der Waals surface area contributed by atoms with Crippen LogP contribution in [-0.2, 0) is 20.9 Å². The quantitative estimate of drug-likeness (QED) is 0.751. The molecule has 0 aliphatic carbocycles. The molecule has 1 aliphatic heterocycles. The number of hydrogen-bond acceptors (Lipinski definition) is 5. The van der Waals surface area contributed by atoms with Crippen LogP contribution in [0, 0.1) is 0 Å². The second kappa shape index (κ2) is 9.75. The molecule has 2 aromatic carbocycles. The molecule has 0 radical (unpaired) electrons. The first-order valence-electron chi connectivity index (χ1n) is 9.11. The molecule has 28 heavy (non-hydrogen) atoms. The number of hydrogen-bond donors (Lipinski definition) is 1. The van der Waals surface area contributed by atoms with Crippen LogP contribution in [0.1, 0.15) is 12.0 Å². The van der Waals surface area contributed by atoms with E-state index in [0.717, 1.165) is 5.56 Å². The lowest BCUT2D eigenvalue weighted by atomic mass is 10.2. The van der Waals surface area contributed by atoms with Gasteiger partial charge in [-0.1, -0.05) is 42.5 Å². The van der Waals surface area contributed by atoms with Gasteiger partial charge in [-0.2, -0.15) is 0 Å². The van der Waals surface area contributed by atoms with Crippen LogP contribution in [0.25, 0.3) is 0 Å². The number of rotatable bonds is 8. The van der Waals surface area contributed by atoms with Crippen LogP contribution < -0.4 is 9.47 Å². The van der Waals surface area contributed by atoms with Crippen molar-refractivity contribution >= 4 is 11.9 Å². The number of carbonyl (C=O) groups excluding carboxylic acids is 1. The summed E-state index contributed by atoms with van der Waals surface area (Å²) in [5, 5.41) is 8.88. The maximum absolute atomic E-state index is 12.5. The summed E-state index contributed by atoms with van der Waals surface area (Å²) in [4.78, 5) is 24.9. The van der Waals surface area contributed by atoms with Crippen LogP contribution in [0.4, 0.5) is 0 Å². The summed E-state index contributed by atoms with van der Waals surface area (Å²) in [7, 11) is 0. The van der Waals surface area contributed by atoms with Crippen molar-refractivity contribution < 1.29 is 28.9 Å². The number of ether oxygens (including phenoxy) is 3. The fourth-order valence-electron chi connectivity index (χ4n) is 2.92. The molecule has 0 aromatic heterocycles. The van der Waals surface area contributed by atoms with Crippen molar-refractivity contribution in [1.29, 1.82) is 0 Å². The number of benzene rings is 2. The van der Waals surface area contributed by atoms with Gasteiger partial charge in [-0.25, -0.2) is 0 Å². The van der Waals surface area contributed by atoms with E-state index < -0.39 is 12.1 Å². The molecule has 0 bridgehead atoms. The number of nitrogens with zero attached hydrogens (tertiary/aromatic N) is 1. The number of carboxylic acids is 1. The van der Waals surface area contributed by atoms with E-state index >= 15 is 0 Å². The van der Waals surface area contributed by atoms with Crippen molar-refractivity contribution in [3.63, 3.8) is 0 Å². The van der Waals surface area contributed by atoms with Gasteiger partial charge < -0.3 is 24.2 Å². The molecular weight excluding hydrogens is 362 g/mol. The second-order valence-electron chi connectivity index (χ2n) is 6.44. The third kappa shape index (κ3) is 5.72. The molecule has 1 saturated heterocycles. The van der Waals surface area contributed by atoms with Crippen LogP contribution in [0.2, 0.25) is 0 Å². The van der Waals surface area contributed by atoms with E-state index in [1.807, 2.05) is 42.5 Å². The van der Waals surface area contributed by atoms with Crippen molar-refractivity contribution in [2.45, 2.75) is 19.1 Å². The van der Waals surface area contributed by atoms with Crippen LogP contribution in [0.3, 0.4) is 0 Å². The number of amides is 1. The van der Waals surface area contributed by atoms with E-state index in [4.69, 9.17) is 19.3 Å². The van der Waals surface area contributed by atoms with Gasteiger partial charge in [0.1, 0.15) is 6.61 Å². The van der Waals surface area contributed by atoms with E-state index in [-0.39, 0.29) is 25.5 Å². The zero-order valence-corrected chi connectivity index (χ0v) is 15.5. The third-order valence-corrected chi connectivity index (χ3v) is 4.33.